The summed E-state index contributed by atoms with van der Waals surface area (Å²) in [5, 5.41) is 2.82. The van der Waals surface area contributed by atoms with E-state index in [1.54, 1.807) is 4.90 Å². The summed E-state index contributed by atoms with van der Waals surface area (Å²) in [6.07, 6.45) is 8.37. The minimum atomic E-state index is -0.454. The highest BCUT2D eigenvalue weighted by molar-refractivity contribution is 6.02. The van der Waals surface area contributed by atoms with E-state index < -0.39 is 11.6 Å². The molecule has 5 aliphatic heterocycles. The van der Waals surface area contributed by atoms with Gasteiger partial charge >= 0.3 is 6.09 Å². The van der Waals surface area contributed by atoms with Crippen LogP contribution in [0.3, 0.4) is 0 Å². The Bertz CT molecular complexity index is 1370. The van der Waals surface area contributed by atoms with Crippen LogP contribution in [0.1, 0.15) is 88.1 Å². The van der Waals surface area contributed by atoms with Gasteiger partial charge in [0.2, 0.25) is 5.91 Å². The van der Waals surface area contributed by atoms with Crippen LogP contribution in [0, 0.1) is 11.3 Å². The summed E-state index contributed by atoms with van der Waals surface area (Å²) in [4.78, 5) is 47.2. The Labute approximate surface area is 267 Å². The lowest BCUT2D eigenvalue weighted by Gasteiger charge is -2.48. The predicted molar refractivity (Wildman–Crippen MR) is 171 cm³/mol. The Kier molecular flexibility index (Phi) is 7.77. The fraction of sp³-hybridized carbons (Fsp3) is 0.686. The van der Waals surface area contributed by atoms with Crippen molar-refractivity contribution >= 4 is 23.6 Å². The van der Waals surface area contributed by atoms with Gasteiger partial charge in [-0.15, -0.1) is 0 Å². The Morgan fingerprint density at radius 1 is 1.04 bits per heavy atom. The summed E-state index contributed by atoms with van der Waals surface area (Å²) >= 11 is 0. The van der Waals surface area contributed by atoms with Crippen LogP contribution >= 0.6 is 0 Å². The molecule has 0 aromatic heterocycles. The van der Waals surface area contributed by atoms with Crippen molar-refractivity contribution in [2.45, 2.75) is 96.4 Å². The van der Waals surface area contributed by atoms with Crippen molar-refractivity contribution in [1.82, 2.24) is 20.0 Å². The topological polar surface area (TPSA) is 94.7 Å². The first-order chi connectivity index (χ1) is 21.5. The normalized spacial score (nSPS) is 27.1. The molecule has 10 heteroatoms. The zero-order chi connectivity index (χ0) is 31.5. The number of nitrogens with one attached hydrogen (secondary N) is 1. The lowest BCUT2D eigenvalue weighted by molar-refractivity contribution is -0.126. The molecule has 1 aromatic rings. The molecule has 3 saturated heterocycles. The zero-order valence-corrected chi connectivity index (χ0v) is 27.2. The van der Waals surface area contributed by atoms with Crippen LogP contribution in [-0.2, 0) is 16.1 Å². The molecule has 2 unspecified atom stereocenters. The van der Waals surface area contributed by atoms with E-state index in [0.717, 1.165) is 80.7 Å². The third-order valence-corrected chi connectivity index (χ3v) is 11.2. The standard InChI is InChI=1S/C35H49N5O5/c1-23-5-6-28(31(41)36-23)40-20-25-17-29-30(18-27(25)32(40)42)44-22-26-21-37(15-16-39(26)29)19-24-7-9-35(10-8-24)11-13-38(14-12-35)33(43)45-34(2,3)4/h17-18,24,26,28H,1,5-16,19-22H2,2-4H3,(H,36,41). The minimum absolute atomic E-state index is 0.0844. The Balaban J connectivity index is 0.916. The summed E-state index contributed by atoms with van der Waals surface area (Å²) < 4.78 is 11.9. The Morgan fingerprint density at radius 2 is 1.80 bits per heavy atom. The monoisotopic (exact) mass is 619 g/mol. The molecule has 1 aliphatic carbocycles. The van der Waals surface area contributed by atoms with Crippen molar-refractivity contribution in [3.63, 3.8) is 0 Å². The molecule has 1 aromatic carbocycles. The summed E-state index contributed by atoms with van der Waals surface area (Å²) in [5.74, 6) is 1.28. The number of nitrogens with zero attached hydrogens (tertiary/aromatic N) is 4. The second-order valence-corrected chi connectivity index (χ2v) is 15.4. The molecule has 244 valence electrons. The van der Waals surface area contributed by atoms with Crippen LogP contribution in [0.5, 0.6) is 5.75 Å². The van der Waals surface area contributed by atoms with E-state index in [-0.39, 0.29) is 17.9 Å². The van der Waals surface area contributed by atoms with E-state index in [1.807, 2.05) is 31.7 Å². The van der Waals surface area contributed by atoms with Gasteiger partial charge in [0.1, 0.15) is 24.0 Å². The van der Waals surface area contributed by atoms with Crippen molar-refractivity contribution in [3.8, 4) is 5.75 Å². The molecular weight excluding hydrogens is 570 g/mol. The van der Waals surface area contributed by atoms with E-state index in [9.17, 15) is 14.4 Å². The molecule has 2 atom stereocenters. The van der Waals surface area contributed by atoms with Crippen LogP contribution in [-0.4, -0.2) is 96.2 Å². The molecule has 10 nitrogen and oxygen atoms in total. The maximum absolute atomic E-state index is 13.3. The number of allylic oxidation sites excluding steroid dienone is 1. The number of ether oxygens (including phenoxy) is 2. The molecular formula is C35H49N5O5. The van der Waals surface area contributed by atoms with Gasteiger partial charge in [0.25, 0.3) is 5.91 Å². The van der Waals surface area contributed by atoms with Gasteiger partial charge in [-0.2, -0.15) is 0 Å². The summed E-state index contributed by atoms with van der Waals surface area (Å²) in [6, 6.07) is 3.88. The number of piperazine rings is 1. The highest BCUT2D eigenvalue weighted by Gasteiger charge is 2.43. The Morgan fingerprint density at radius 3 is 2.51 bits per heavy atom. The van der Waals surface area contributed by atoms with Crippen molar-refractivity contribution < 1.29 is 23.9 Å². The number of piperidine rings is 2. The van der Waals surface area contributed by atoms with Crippen LogP contribution in [0.4, 0.5) is 10.5 Å². The molecule has 1 saturated carbocycles. The van der Waals surface area contributed by atoms with Crippen LogP contribution in [0.15, 0.2) is 24.4 Å². The SMILES string of the molecule is C=C1CCC(N2Cc3cc4c(cc3C2=O)OCC2CN(CC3CCC5(CC3)CCN(C(=O)OC(C)(C)C)CC5)CCN42)C(=O)N1. The predicted octanol–water partition coefficient (Wildman–Crippen LogP) is 4.53. The van der Waals surface area contributed by atoms with Crippen LogP contribution < -0.4 is 15.0 Å². The number of amides is 3. The van der Waals surface area contributed by atoms with Gasteiger partial charge in [-0.25, -0.2) is 4.79 Å². The third kappa shape index (κ3) is 6.02. The molecule has 6 aliphatic rings. The number of carbonyl (C=O) groups excluding carboxylic acids is 3. The fourth-order valence-corrected chi connectivity index (χ4v) is 8.56. The largest absolute Gasteiger partial charge is 0.489 e. The highest BCUT2D eigenvalue weighted by atomic mass is 16.6. The smallest absolute Gasteiger partial charge is 0.410 e. The quantitative estimate of drug-likeness (QED) is 0.532. The second-order valence-electron chi connectivity index (χ2n) is 15.4. The molecule has 1 spiro atoms. The van der Waals surface area contributed by atoms with Gasteiger partial charge in [0.05, 0.1) is 11.7 Å². The van der Waals surface area contributed by atoms with Gasteiger partial charge in [0.15, 0.2) is 0 Å². The van der Waals surface area contributed by atoms with Crippen LogP contribution in [0.25, 0.3) is 0 Å². The number of hydrogen-bond acceptors (Lipinski definition) is 7. The molecule has 45 heavy (non-hydrogen) atoms. The molecule has 4 fully saturated rings. The van der Waals surface area contributed by atoms with Gasteiger partial charge in [0, 0.05) is 57.1 Å². The first-order valence-electron chi connectivity index (χ1n) is 17.0. The van der Waals surface area contributed by atoms with Crippen molar-refractivity contribution in [2.24, 2.45) is 11.3 Å². The van der Waals surface area contributed by atoms with E-state index >= 15 is 0 Å². The lowest BCUT2D eigenvalue weighted by atomic mass is 9.65. The van der Waals surface area contributed by atoms with Gasteiger partial charge in [-0.1, -0.05) is 6.58 Å². The number of hydrogen-bond donors (Lipinski definition) is 1. The fourth-order valence-electron chi connectivity index (χ4n) is 8.56. The van der Waals surface area contributed by atoms with Crippen molar-refractivity contribution in [3.05, 3.63) is 35.5 Å². The highest BCUT2D eigenvalue weighted by Crippen LogP contribution is 2.47. The maximum Gasteiger partial charge on any atom is 0.410 e. The number of fused-ring (bicyclic) bond motifs is 4. The Hall–Kier alpha value is -3.27. The van der Waals surface area contributed by atoms with E-state index in [1.165, 1.54) is 25.7 Å². The minimum Gasteiger partial charge on any atom is -0.489 e. The van der Waals surface area contributed by atoms with Crippen molar-refractivity contribution in [2.75, 3.05) is 50.8 Å². The first-order valence-corrected chi connectivity index (χ1v) is 17.0. The number of likely N-dealkylation sites (tertiary alicyclic amines) is 1. The summed E-state index contributed by atoms with van der Waals surface area (Å²) in [5.41, 5.74) is 3.39. The maximum atomic E-state index is 13.3. The molecule has 3 amide bonds. The van der Waals surface area contributed by atoms with Crippen LogP contribution in [0.2, 0.25) is 0 Å². The molecule has 0 bridgehead atoms. The average molecular weight is 620 g/mol. The van der Waals surface area contributed by atoms with E-state index in [0.29, 0.717) is 43.0 Å². The zero-order valence-electron chi connectivity index (χ0n) is 27.2. The summed E-state index contributed by atoms with van der Waals surface area (Å²) in [6.45, 7) is 16.5. The molecule has 5 heterocycles. The number of benzene rings is 1. The van der Waals surface area contributed by atoms with Gasteiger partial charge in [-0.05, 0) is 101 Å². The average Bonchev–Trinajstić information content (AvgIpc) is 3.31. The first kappa shape index (κ1) is 30.4. The second kappa shape index (κ2) is 11.5. The van der Waals surface area contributed by atoms with E-state index in [4.69, 9.17) is 9.47 Å². The number of rotatable bonds is 3. The third-order valence-electron chi connectivity index (χ3n) is 11.2. The summed E-state index contributed by atoms with van der Waals surface area (Å²) in [7, 11) is 0. The van der Waals surface area contributed by atoms with Crippen molar-refractivity contribution in [1.29, 1.82) is 0 Å². The lowest BCUT2D eigenvalue weighted by Crippen LogP contribution is -2.58. The molecule has 7 rings (SSSR count). The number of carbonyl (C=O) groups is 3. The van der Waals surface area contributed by atoms with Gasteiger partial charge in [-0.3, -0.25) is 14.5 Å². The van der Waals surface area contributed by atoms with E-state index in [2.05, 4.69) is 27.8 Å². The van der Waals surface area contributed by atoms with Gasteiger partial charge < -0.3 is 29.5 Å². The molecule has 1 N–H and O–H groups in total. The number of anilines is 1. The molecule has 0 radical (unpaired) electrons.